The predicted molar refractivity (Wildman–Crippen MR) is 60.6 cm³/mol. The van der Waals surface area contributed by atoms with Crippen LogP contribution in [0.15, 0.2) is 12.1 Å². The van der Waals surface area contributed by atoms with Crippen LogP contribution in [0.2, 0.25) is 5.02 Å². The maximum absolute atomic E-state index is 5.90. The van der Waals surface area contributed by atoms with Gasteiger partial charge in [0.15, 0.2) is 0 Å². The van der Waals surface area contributed by atoms with Crippen LogP contribution in [-0.2, 0) is 4.74 Å². The van der Waals surface area contributed by atoms with Gasteiger partial charge in [-0.2, -0.15) is 0 Å². The Hall–Kier alpha value is -1.13. The maximum Gasteiger partial charge on any atom is 0.145 e. The third-order valence-corrected chi connectivity index (χ3v) is 2.59. The molecule has 82 valence electrons. The Morgan fingerprint density at radius 1 is 1.67 bits per heavy atom. The molecule has 0 fully saturated rings. The van der Waals surface area contributed by atoms with Crippen LogP contribution >= 0.6 is 11.6 Å². The molecule has 3 N–H and O–H groups in total. The molecule has 0 radical (unpaired) electrons. The molecule has 15 heavy (non-hydrogen) atoms. The minimum atomic E-state index is 0.0167. The molecule has 5 heteroatoms. The fourth-order valence-corrected chi connectivity index (χ4v) is 1.69. The van der Waals surface area contributed by atoms with E-state index in [2.05, 4.69) is 5.32 Å². The topological polar surface area (TPSA) is 56.5 Å². The molecule has 4 nitrogen and oxygen atoms in total. The van der Waals surface area contributed by atoms with E-state index >= 15 is 0 Å². The smallest absolute Gasteiger partial charge is 0.145 e. The first kappa shape index (κ1) is 10.4. The van der Waals surface area contributed by atoms with Crippen molar-refractivity contribution in [1.82, 2.24) is 0 Å². The molecule has 0 spiro atoms. The van der Waals surface area contributed by atoms with Crippen molar-refractivity contribution >= 4 is 23.0 Å². The number of fused-ring (bicyclic) bond motifs is 1. The number of hydrogen-bond acceptors (Lipinski definition) is 4. The van der Waals surface area contributed by atoms with Crippen LogP contribution in [0.5, 0.6) is 5.75 Å². The van der Waals surface area contributed by atoms with Crippen molar-refractivity contribution in [3.63, 3.8) is 0 Å². The highest BCUT2D eigenvalue weighted by atomic mass is 35.5. The van der Waals surface area contributed by atoms with Gasteiger partial charge in [0.1, 0.15) is 11.9 Å². The average Bonchev–Trinajstić information content (AvgIpc) is 2.21. The fourth-order valence-electron chi connectivity index (χ4n) is 1.53. The molecule has 1 aromatic carbocycles. The van der Waals surface area contributed by atoms with Crippen LogP contribution < -0.4 is 15.8 Å². The molecule has 1 aromatic rings. The Kier molecular flexibility index (Phi) is 2.88. The van der Waals surface area contributed by atoms with E-state index in [9.17, 15) is 0 Å². The van der Waals surface area contributed by atoms with Crippen molar-refractivity contribution in [2.75, 3.05) is 31.3 Å². The van der Waals surface area contributed by atoms with Crippen molar-refractivity contribution in [2.24, 2.45) is 0 Å². The largest absolute Gasteiger partial charge is 0.484 e. The zero-order valence-electron chi connectivity index (χ0n) is 8.42. The number of rotatable bonds is 2. The van der Waals surface area contributed by atoms with E-state index in [4.69, 9.17) is 26.8 Å². The average molecular weight is 229 g/mol. The lowest BCUT2D eigenvalue weighted by Gasteiger charge is -2.27. The van der Waals surface area contributed by atoms with E-state index < -0.39 is 0 Å². The van der Waals surface area contributed by atoms with E-state index in [1.54, 1.807) is 19.2 Å². The van der Waals surface area contributed by atoms with Crippen LogP contribution in [-0.4, -0.2) is 26.4 Å². The van der Waals surface area contributed by atoms with Crippen LogP contribution in [0.25, 0.3) is 0 Å². The van der Waals surface area contributed by atoms with Crippen LogP contribution in [0, 0.1) is 0 Å². The molecule has 0 amide bonds. The summed E-state index contributed by atoms with van der Waals surface area (Å²) < 4.78 is 10.7. The molecule has 1 atom stereocenters. The van der Waals surface area contributed by atoms with Crippen LogP contribution in [0.4, 0.5) is 11.4 Å². The molecular weight excluding hydrogens is 216 g/mol. The van der Waals surface area contributed by atoms with Gasteiger partial charge in [0.25, 0.3) is 0 Å². The lowest BCUT2D eigenvalue weighted by atomic mass is 10.2. The zero-order chi connectivity index (χ0) is 10.8. The normalized spacial score (nSPS) is 18.9. The van der Waals surface area contributed by atoms with Gasteiger partial charge in [0.2, 0.25) is 0 Å². The minimum Gasteiger partial charge on any atom is -0.484 e. The summed E-state index contributed by atoms with van der Waals surface area (Å²) in [7, 11) is 1.65. The maximum atomic E-state index is 5.90. The molecular formula is C10H13ClN2O2. The Balaban J connectivity index is 2.22. The number of halogens is 1. The van der Waals surface area contributed by atoms with Crippen LogP contribution in [0.3, 0.4) is 0 Å². The zero-order valence-corrected chi connectivity index (χ0v) is 9.17. The third-order valence-electron chi connectivity index (χ3n) is 2.27. The summed E-state index contributed by atoms with van der Waals surface area (Å²) in [6.45, 7) is 1.26. The van der Waals surface area contributed by atoms with Crippen molar-refractivity contribution in [3.8, 4) is 5.75 Å². The second-order valence-corrected chi connectivity index (χ2v) is 3.85. The first-order valence-corrected chi connectivity index (χ1v) is 5.07. The second kappa shape index (κ2) is 4.16. The highest BCUT2D eigenvalue weighted by Crippen LogP contribution is 2.35. The number of hydrogen-bond donors (Lipinski definition) is 2. The molecule has 0 saturated carbocycles. The van der Waals surface area contributed by atoms with Gasteiger partial charge in [-0.3, -0.25) is 0 Å². The standard InChI is InChI=1S/C10H13ClN2O2/c1-14-5-6-4-13-9-2-7(11)8(12)3-10(9)15-6/h2-3,6,13H,4-5,12H2,1H3. The highest BCUT2D eigenvalue weighted by molar-refractivity contribution is 6.33. The summed E-state index contributed by atoms with van der Waals surface area (Å²) in [5, 5.41) is 3.76. The lowest BCUT2D eigenvalue weighted by molar-refractivity contribution is 0.0848. The number of benzene rings is 1. The van der Waals surface area contributed by atoms with Gasteiger partial charge in [-0.05, 0) is 6.07 Å². The molecule has 0 saturated heterocycles. The van der Waals surface area contributed by atoms with Gasteiger partial charge < -0.3 is 20.5 Å². The summed E-state index contributed by atoms with van der Waals surface area (Å²) in [4.78, 5) is 0. The summed E-state index contributed by atoms with van der Waals surface area (Å²) in [5.41, 5.74) is 7.09. The first-order valence-electron chi connectivity index (χ1n) is 4.69. The van der Waals surface area contributed by atoms with Gasteiger partial charge >= 0.3 is 0 Å². The Morgan fingerprint density at radius 2 is 2.47 bits per heavy atom. The van der Waals surface area contributed by atoms with E-state index in [0.717, 1.165) is 11.4 Å². The molecule has 1 aliphatic rings. The lowest BCUT2D eigenvalue weighted by Crippen LogP contribution is -2.34. The molecule has 0 bridgehead atoms. The molecule has 0 aromatic heterocycles. The predicted octanol–water partition coefficient (Wildman–Crippen LogP) is 1.74. The van der Waals surface area contributed by atoms with Gasteiger partial charge in [0.05, 0.1) is 29.5 Å². The Bertz CT molecular complexity index is 371. The number of nitrogens with two attached hydrogens (primary N) is 1. The Morgan fingerprint density at radius 3 is 3.20 bits per heavy atom. The number of nitrogen functional groups attached to an aromatic ring is 1. The van der Waals surface area contributed by atoms with E-state index in [0.29, 0.717) is 23.9 Å². The Labute approximate surface area is 93.3 Å². The fraction of sp³-hybridized carbons (Fsp3) is 0.400. The number of methoxy groups -OCH3 is 1. The molecule has 1 aliphatic heterocycles. The SMILES string of the molecule is COCC1CNc2cc(Cl)c(N)cc2O1. The summed E-state index contributed by atoms with van der Waals surface area (Å²) >= 11 is 5.90. The molecule has 1 unspecified atom stereocenters. The van der Waals surface area contributed by atoms with E-state index in [1.165, 1.54) is 0 Å². The van der Waals surface area contributed by atoms with Crippen molar-refractivity contribution in [2.45, 2.75) is 6.10 Å². The van der Waals surface area contributed by atoms with Gasteiger partial charge in [-0.25, -0.2) is 0 Å². The monoisotopic (exact) mass is 228 g/mol. The van der Waals surface area contributed by atoms with Crippen molar-refractivity contribution in [3.05, 3.63) is 17.2 Å². The first-order chi connectivity index (χ1) is 7.20. The van der Waals surface area contributed by atoms with E-state index in [-0.39, 0.29) is 6.10 Å². The third kappa shape index (κ3) is 2.11. The summed E-state index contributed by atoms with van der Waals surface area (Å²) in [6.07, 6.45) is 0.0167. The van der Waals surface area contributed by atoms with Crippen molar-refractivity contribution in [1.29, 1.82) is 0 Å². The summed E-state index contributed by atoms with van der Waals surface area (Å²) in [5.74, 6) is 0.727. The number of nitrogens with one attached hydrogen (secondary N) is 1. The van der Waals surface area contributed by atoms with Crippen LogP contribution in [0.1, 0.15) is 0 Å². The quantitative estimate of drug-likeness (QED) is 0.758. The van der Waals surface area contributed by atoms with Gasteiger partial charge in [0, 0.05) is 13.2 Å². The van der Waals surface area contributed by atoms with E-state index in [1.807, 2.05) is 0 Å². The van der Waals surface area contributed by atoms with Gasteiger partial charge in [-0.1, -0.05) is 11.6 Å². The number of ether oxygens (including phenoxy) is 2. The van der Waals surface area contributed by atoms with Crippen molar-refractivity contribution < 1.29 is 9.47 Å². The number of anilines is 2. The highest BCUT2D eigenvalue weighted by Gasteiger charge is 2.20. The molecule has 0 aliphatic carbocycles. The second-order valence-electron chi connectivity index (χ2n) is 3.45. The molecule has 1 heterocycles. The summed E-state index contributed by atoms with van der Waals surface area (Å²) in [6, 6.07) is 3.50. The van der Waals surface area contributed by atoms with Gasteiger partial charge in [-0.15, -0.1) is 0 Å². The minimum absolute atomic E-state index is 0.0167. The molecule has 2 rings (SSSR count).